The SMILES string of the molecule is Cc1ccc(Cl)cc1-n1ncc2c(Oc3ccc([N+](=O)[O-])c(C)c3)ncnc21. The van der Waals surface area contributed by atoms with E-state index in [-0.39, 0.29) is 5.69 Å². The van der Waals surface area contributed by atoms with E-state index in [0.29, 0.717) is 33.2 Å². The Kier molecular flexibility index (Phi) is 4.40. The van der Waals surface area contributed by atoms with E-state index < -0.39 is 4.92 Å². The van der Waals surface area contributed by atoms with E-state index in [1.165, 1.54) is 18.5 Å². The second-order valence-corrected chi connectivity index (χ2v) is 6.65. The van der Waals surface area contributed by atoms with Crippen LogP contribution in [0.15, 0.2) is 48.9 Å². The van der Waals surface area contributed by atoms with Crippen molar-refractivity contribution >= 4 is 28.3 Å². The molecule has 0 fully saturated rings. The van der Waals surface area contributed by atoms with Crippen LogP contribution in [-0.2, 0) is 0 Å². The summed E-state index contributed by atoms with van der Waals surface area (Å²) in [5.41, 5.74) is 2.89. The van der Waals surface area contributed by atoms with Crippen LogP contribution in [0.5, 0.6) is 11.6 Å². The lowest BCUT2D eigenvalue weighted by Gasteiger charge is -2.09. The van der Waals surface area contributed by atoms with Crippen molar-refractivity contribution in [1.29, 1.82) is 0 Å². The lowest BCUT2D eigenvalue weighted by molar-refractivity contribution is -0.385. The number of nitro groups is 1. The molecule has 0 aliphatic heterocycles. The normalized spacial score (nSPS) is 11.0. The van der Waals surface area contributed by atoms with Crippen molar-refractivity contribution < 1.29 is 9.66 Å². The van der Waals surface area contributed by atoms with Gasteiger partial charge in [-0.15, -0.1) is 0 Å². The van der Waals surface area contributed by atoms with Gasteiger partial charge in [0.2, 0.25) is 5.88 Å². The summed E-state index contributed by atoms with van der Waals surface area (Å²) < 4.78 is 7.53. The molecule has 4 rings (SSSR count). The number of halogens is 1. The van der Waals surface area contributed by atoms with Gasteiger partial charge in [0.1, 0.15) is 17.5 Å². The van der Waals surface area contributed by atoms with Crippen molar-refractivity contribution in [1.82, 2.24) is 19.7 Å². The number of ether oxygens (including phenoxy) is 1. The largest absolute Gasteiger partial charge is 0.438 e. The number of nitro benzene ring substituents is 1. The Labute approximate surface area is 164 Å². The molecule has 0 unspecified atom stereocenters. The number of fused-ring (bicyclic) bond motifs is 1. The van der Waals surface area contributed by atoms with Crippen LogP contribution < -0.4 is 4.74 Å². The summed E-state index contributed by atoms with van der Waals surface area (Å²) in [4.78, 5) is 19.1. The Balaban J connectivity index is 1.76. The zero-order valence-corrected chi connectivity index (χ0v) is 15.7. The molecular weight excluding hydrogens is 382 g/mol. The topological polar surface area (TPSA) is 96.0 Å². The average Bonchev–Trinajstić information content (AvgIpc) is 3.08. The minimum atomic E-state index is -0.431. The molecule has 0 bridgehead atoms. The van der Waals surface area contributed by atoms with Crippen molar-refractivity contribution in [3.05, 3.63) is 75.2 Å². The Morgan fingerprint density at radius 2 is 1.93 bits per heavy atom. The highest BCUT2D eigenvalue weighted by Crippen LogP contribution is 2.31. The molecule has 2 aromatic carbocycles. The van der Waals surface area contributed by atoms with Gasteiger partial charge in [-0.25, -0.2) is 14.6 Å². The van der Waals surface area contributed by atoms with Crippen molar-refractivity contribution in [2.75, 3.05) is 0 Å². The van der Waals surface area contributed by atoms with E-state index in [4.69, 9.17) is 16.3 Å². The summed E-state index contributed by atoms with van der Waals surface area (Å²) in [6.07, 6.45) is 3.00. The summed E-state index contributed by atoms with van der Waals surface area (Å²) >= 11 is 6.13. The highest BCUT2D eigenvalue weighted by atomic mass is 35.5. The van der Waals surface area contributed by atoms with Crippen molar-refractivity contribution in [3.63, 3.8) is 0 Å². The van der Waals surface area contributed by atoms with Crippen LogP contribution in [0, 0.1) is 24.0 Å². The third-order valence-corrected chi connectivity index (χ3v) is 4.54. The Morgan fingerprint density at radius 3 is 2.68 bits per heavy atom. The second kappa shape index (κ2) is 6.90. The van der Waals surface area contributed by atoms with Gasteiger partial charge in [0.25, 0.3) is 5.69 Å². The Hall–Kier alpha value is -3.52. The van der Waals surface area contributed by atoms with Crippen LogP contribution >= 0.6 is 11.6 Å². The highest BCUT2D eigenvalue weighted by Gasteiger charge is 2.16. The van der Waals surface area contributed by atoms with Gasteiger partial charge in [0.15, 0.2) is 5.65 Å². The molecule has 140 valence electrons. The predicted octanol–water partition coefficient (Wildman–Crippen LogP) is 4.79. The number of benzene rings is 2. The molecule has 0 amide bonds. The summed E-state index contributed by atoms with van der Waals surface area (Å²) in [7, 11) is 0. The lowest BCUT2D eigenvalue weighted by Crippen LogP contribution is -2.00. The molecule has 0 aliphatic rings. The minimum absolute atomic E-state index is 0.0319. The number of hydrogen-bond acceptors (Lipinski definition) is 6. The maximum Gasteiger partial charge on any atom is 0.272 e. The summed E-state index contributed by atoms with van der Waals surface area (Å²) in [5, 5.41) is 16.6. The molecule has 2 heterocycles. The summed E-state index contributed by atoms with van der Waals surface area (Å²) in [6.45, 7) is 3.61. The molecule has 0 spiro atoms. The quantitative estimate of drug-likeness (QED) is 0.364. The molecule has 4 aromatic rings. The third kappa shape index (κ3) is 3.14. The molecule has 0 saturated heterocycles. The fourth-order valence-corrected chi connectivity index (χ4v) is 3.07. The first-order valence-corrected chi connectivity index (χ1v) is 8.70. The van der Waals surface area contributed by atoms with Crippen molar-refractivity contribution in [2.45, 2.75) is 13.8 Å². The van der Waals surface area contributed by atoms with Crippen LogP contribution in [0.25, 0.3) is 16.7 Å². The fourth-order valence-electron chi connectivity index (χ4n) is 2.90. The number of rotatable bonds is 4. The van der Waals surface area contributed by atoms with E-state index in [2.05, 4.69) is 15.1 Å². The van der Waals surface area contributed by atoms with Gasteiger partial charge >= 0.3 is 0 Å². The maximum absolute atomic E-state index is 11.0. The monoisotopic (exact) mass is 395 g/mol. The van der Waals surface area contributed by atoms with E-state index in [1.807, 2.05) is 25.1 Å². The van der Waals surface area contributed by atoms with Gasteiger partial charge in [-0.05, 0) is 43.7 Å². The lowest BCUT2D eigenvalue weighted by atomic mass is 10.2. The second-order valence-electron chi connectivity index (χ2n) is 6.21. The van der Waals surface area contributed by atoms with E-state index in [1.54, 1.807) is 23.9 Å². The molecular formula is C19H14ClN5O3. The zero-order valence-electron chi connectivity index (χ0n) is 15.0. The fraction of sp³-hybridized carbons (Fsp3) is 0.105. The van der Waals surface area contributed by atoms with Crippen molar-refractivity contribution in [2.24, 2.45) is 0 Å². The molecule has 0 aliphatic carbocycles. The van der Waals surface area contributed by atoms with Crippen LogP contribution in [-0.4, -0.2) is 24.7 Å². The molecule has 28 heavy (non-hydrogen) atoms. The standard InChI is InChI=1S/C19H14ClN5O3/c1-11-3-4-13(20)8-17(11)24-18-15(9-23-24)19(22-10-21-18)28-14-5-6-16(25(26)27)12(2)7-14/h3-10H,1-2H3. The summed E-state index contributed by atoms with van der Waals surface area (Å²) in [5.74, 6) is 0.749. The Bertz CT molecular complexity index is 1220. The average molecular weight is 396 g/mol. The zero-order chi connectivity index (χ0) is 19.8. The molecule has 0 N–H and O–H groups in total. The summed E-state index contributed by atoms with van der Waals surface area (Å²) in [6, 6.07) is 10.1. The first-order chi connectivity index (χ1) is 13.4. The number of nitrogens with zero attached hydrogens (tertiary/aromatic N) is 5. The van der Waals surface area contributed by atoms with Crippen LogP contribution in [0.4, 0.5) is 5.69 Å². The number of aryl methyl sites for hydroxylation is 2. The molecule has 9 heteroatoms. The molecule has 0 atom stereocenters. The smallest absolute Gasteiger partial charge is 0.272 e. The molecule has 0 radical (unpaired) electrons. The van der Waals surface area contributed by atoms with E-state index >= 15 is 0 Å². The van der Waals surface area contributed by atoms with Crippen LogP contribution in [0.3, 0.4) is 0 Å². The van der Waals surface area contributed by atoms with Crippen LogP contribution in [0.1, 0.15) is 11.1 Å². The van der Waals surface area contributed by atoms with Gasteiger partial charge in [0, 0.05) is 16.7 Å². The predicted molar refractivity (Wildman–Crippen MR) is 104 cm³/mol. The van der Waals surface area contributed by atoms with Gasteiger partial charge in [-0.1, -0.05) is 17.7 Å². The Morgan fingerprint density at radius 1 is 1.11 bits per heavy atom. The van der Waals surface area contributed by atoms with E-state index in [0.717, 1.165) is 11.3 Å². The molecule has 8 nitrogen and oxygen atoms in total. The van der Waals surface area contributed by atoms with Gasteiger partial charge in [-0.3, -0.25) is 10.1 Å². The van der Waals surface area contributed by atoms with Gasteiger partial charge < -0.3 is 4.74 Å². The first-order valence-electron chi connectivity index (χ1n) is 8.32. The first kappa shape index (κ1) is 17.9. The molecule has 0 saturated carbocycles. The van der Waals surface area contributed by atoms with Crippen LogP contribution in [0.2, 0.25) is 5.02 Å². The number of hydrogen-bond donors (Lipinski definition) is 0. The maximum atomic E-state index is 11.0. The minimum Gasteiger partial charge on any atom is -0.438 e. The molecule has 2 aromatic heterocycles. The highest BCUT2D eigenvalue weighted by molar-refractivity contribution is 6.30. The van der Waals surface area contributed by atoms with E-state index in [9.17, 15) is 10.1 Å². The van der Waals surface area contributed by atoms with Gasteiger partial charge in [-0.2, -0.15) is 5.10 Å². The third-order valence-electron chi connectivity index (χ3n) is 4.31. The van der Waals surface area contributed by atoms with Gasteiger partial charge in [0.05, 0.1) is 16.8 Å². The van der Waals surface area contributed by atoms with Crippen molar-refractivity contribution in [3.8, 4) is 17.3 Å². The number of aromatic nitrogens is 4.